The van der Waals surface area contributed by atoms with E-state index in [9.17, 15) is 9.59 Å². The molecule has 0 saturated carbocycles. The highest BCUT2D eigenvalue weighted by Crippen LogP contribution is 2.34. The topological polar surface area (TPSA) is 53.1 Å². The molecule has 0 aromatic heterocycles. The first-order chi connectivity index (χ1) is 14.6. The van der Waals surface area contributed by atoms with E-state index in [0.717, 1.165) is 39.3 Å². The maximum Gasteiger partial charge on any atom is 0.260 e. The molecule has 158 valence electrons. The number of carbonyl (C=O) groups is 2. The van der Waals surface area contributed by atoms with Gasteiger partial charge in [0.25, 0.3) is 11.8 Å². The highest BCUT2D eigenvalue weighted by molar-refractivity contribution is 6.31. The Morgan fingerprint density at radius 3 is 2.37 bits per heavy atom. The molecule has 0 N–H and O–H groups in total. The number of benzene rings is 2. The number of anilines is 2. The molecule has 1 saturated heterocycles. The van der Waals surface area contributed by atoms with Crippen molar-refractivity contribution >= 4 is 34.8 Å². The van der Waals surface area contributed by atoms with Crippen molar-refractivity contribution in [1.82, 2.24) is 4.90 Å². The smallest absolute Gasteiger partial charge is 0.260 e. The second-order valence-electron chi connectivity index (χ2n) is 7.49. The maximum atomic E-state index is 13.6. The number of amides is 2. The molecule has 2 aromatic carbocycles. The lowest BCUT2D eigenvalue weighted by molar-refractivity contribution is 0.0376. The van der Waals surface area contributed by atoms with Crippen LogP contribution in [0, 0.1) is 0 Å². The number of fused-ring (bicyclic) bond motifs is 2. The zero-order valence-electron chi connectivity index (χ0n) is 17.1. The highest BCUT2D eigenvalue weighted by Gasteiger charge is 2.32. The van der Waals surface area contributed by atoms with Crippen LogP contribution >= 0.6 is 11.6 Å². The third-order valence-electron chi connectivity index (χ3n) is 5.67. The molecule has 0 radical (unpaired) electrons. The van der Waals surface area contributed by atoms with Crippen LogP contribution in [0.15, 0.2) is 42.5 Å². The zero-order valence-corrected chi connectivity index (χ0v) is 17.9. The van der Waals surface area contributed by atoms with Gasteiger partial charge in [0.1, 0.15) is 0 Å². The van der Waals surface area contributed by atoms with Crippen LogP contribution in [0.4, 0.5) is 11.4 Å². The molecule has 0 aliphatic carbocycles. The van der Waals surface area contributed by atoms with Gasteiger partial charge in [-0.25, -0.2) is 0 Å². The first kappa shape index (κ1) is 20.8. The Balaban J connectivity index is 1.70. The molecule has 0 spiro atoms. The lowest BCUT2D eigenvalue weighted by atomic mass is 10.0. The summed E-state index contributed by atoms with van der Waals surface area (Å²) >= 11 is 6.27. The number of halogens is 1. The Morgan fingerprint density at radius 1 is 0.900 bits per heavy atom. The summed E-state index contributed by atoms with van der Waals surface area (Å²) in [6.45, 7) is 7.08. The number of hydrogen-bond acceptors (Lipinski definition) is 4. The summed E-state index contributed by atoms with van der Waals surface area (Å²) in [6, 6.07) is 12.5. The second-order valence-corrected chi connectivity index (χ2v) is 7.93. The van der Waals surface area contributed by atoms with Crippen LogP contribution in [-0.4, -0.2) is 62.7 Å². The number of hydrogen-bond donors (Lipinski definition) is 0. The minimum Gasteiger partial charge on any atom is -0.379 e. The fourth-order valence-corrected chi connectivity index (χ4v) is 4.29. The first-order valence-electron chi connectivity index (χ1n) is 10.4. The summed E-state index contributed by atoms with van der Waals surface area (Å²) in [7, 11) is 0. The van der Waals surface area contributed by atoms with Gasteiger partial charge in [0.05, 0.1) is 35.7 Å². The van der Waals surface area contributed by atoms with E-state index in [1.165, 1.54) is 0 Å². The Morgan fingerprint density at radius 2 is 1.60 bits per heavy atom. The monoisotopic (exact) mass is 427 g/mol. The van der Waals surface area contributed by atoms with Gasteiger partial charge in [-0.3, -0.25) is 14.5 Å². The van der Waals surface area contributed by atoms with E-state index in [2.05, 4.69) is 4.90 Å². The Hall–Kier alpha value is -2.41. The Bertz CT molecular complexity index is 943. The number of nitrogens with zero attached hydrogens (tertiary/aromatic N) is 3. The van der Waals surface area contributed by atoms with Crippen molar-refractivity contribution in [2.24, 2.45) is 0 Å². The molecule has 4 rings (SSSR count). The van der Waals surface area contributed by atoms with Gasteiger partial charge >= 0.3 is 0 Å². The first-order valence-corrected chi connectivity index (χ1v) is 10.8. The second kappa shape index (κ2) is 9.16. The molecule has 7 heteroatoms. The van der Waals surface area contributed by atoms with Crippen LogP contribution in [-0.2, 0) is 4.74 Å². The van der Waals surface area contributed by atoms with Crippen molar-refractivity contribution in [1.29, 1.82) is 0 Å². The molecule has 2 aliphatic rings. The quantitative estimate of drug-likeness (QED) is 0.730. The van der Waals surface area contributed by atoms with Gasteiger partial charge < -0.3 is 14.5 Å². The average molecular weight is 428 g/mol. The standard InChI is InChI=1S/C23H26ClN3O3/c1-2-26-20-7-4-3-6-18(20)23(29)27(11-5-10-25-12-14-30-15-13-25)21-16-17(24)8-9-19(21)22(26)28/h3-4,6-9,16H,2,5,10-15H2,1H3. The fraction of sp³-hybridized carbons (Fsp3) is 0.391. The molecule has 0 atom stereocenters. The van der Waals surface area contributed by atoms with Crippen LogP contribution in [0.5, 0.6) is 0 Å². The van der Waals surface area contributed by atoms with Crippen molar-refractivity contribution < 1.29 is 14.3 Å². The third kappa shape index (κ3) is 4.08. The third-order valence-corrected chi connectivity index (χ3v) is 5.91. The van der Waals surface area contributed by atoms with E-state index < -0.39 is 0 Å². The predicted octanol–water partition coefficient (Wildman–Crippen LogP) is 3.69. The highest BCUT2D eigenvalue weighted by atomic mass is 35.5. The summed E-state index contributed by atoms with van der Waals surface area (Å²) in [4.78, 5) is 32.7. The van der Waals surface area contributed by atoms with Crippen LogP contribution in [0.2, 0.25) is 5.02 Å². The molecule has 2 heterocycles. The van der Waals surface area contributed by atoms with Crippen LogP contribution in [0.25, 0.3) is 0 Å². The van der Waals surface area contributed by atoms with E-state index in [1.54, 1.807) is 34.1 Å². The van der Waals surface area contributed by atoms with Crippen molar-refractivity contribution in [2.75, 3.05) is 55.7 Å². The molecule has 2 aliphatic heterocycles. The largest absolute Gasteiger partial charge is 0.379 e. The summed E-state index contributed by atoms with van der Waals surface area (Å²) in [5.41, 5.74) is 2.25. The van der Waals surface area contributed by atoms with Gasteiger partial charge in [-0.2, -0.15) is 0 Å². The predicted molar refractivity (Wildman–Crippen MR) is 119 cm³/mol. The van der Waals surface area contributed by atoms with Crippen molar-refractivity contribution in [3.8, 4) is 0 Å². The number of morpholine rings is 1. The molecule has 30 heavy (non-hydrogen) atoms. The Kier molecular flexibility index (Phi) is 6.37. The van der Waals surface area contributed by atoms with Crippen LogP contribution in [0.3, 0.4) is 0 Å². The number of ether oxygens (including phenoxy) is 1. The number of carbonyl (C=O) groups excluding carboxylic acids is 2. The van der Waals surface area contributed by atoms with Crippen molar-refractivity contribution in [2.45, 2.75) is 13.3 Å². The van der Waals surface area contributed by atoms with Gasteiger partial charge in [0.2, 0.25) is 0 Å². The van der Waals surface area contributed by atoms with Gasteiger partial charge in [-0.1, -0.05) is 23.7 Å². The molecule has 0 bridgehead atoms. The van der Waals surface area contributed by atoms with Gasteiger partial charge in [-0.15, -0.1) is 0 Å². The van der Waals surface area contributed by atoms with Gasteiger partial charge in [0.15, 0.2) is 0 Å². The normalized spacial score (nSPS) is 17.4. The molecular formula is C23H26ClN3O3. The van der Waals surface area contributed by atoms with Crippen LogP contribution < -0.4 is 9.80 Å². The van der Waals surface area contributed by atoms with Gasteiger partial charge in [0, 0.05) is 37.7 Å². The summed E-state index contributed by atoms with van der Waals surface area (Å²) in [5.74, 6) is -0.232. The van der Waals surface area contributed by atoms with Crippen molar-refractivity contribution in [3.05, 3.63) is 58.6 Å². The van der Waals surface area contributed by atoms with E-state index >= 15 is 0 Å². The molecular weight excluding hydrogens is 402 g/mol. The fourth-order valence-electron chi connectivity index (χ4n) is 4.12. The van der Waals surface area contributed by atoms with E-state index in [0.29, 0.717) is 40.6 Å². The van der Waals surface area contributed by atoms with Crippen LogP contribution in [0.1, 0.15) is 34.1 Å². The van der Waals surface area contributed by atoms with E-state index in [-0.39, 0.29) is 11.8 Å². The molecule has 2 amide bonds. The SMILES string of the molecule is CCN1C(=O)c2ccc(Cl)cc2N(CCCN2CCOCC2)C(=O)c2ccccc21. The van der Waals surface area contributed by atoms with E-state index in [4.69, 9.17) is 16.3 Å². The van der Waals surface area contributed by atoms with E-state index in [1.807, 2.05) is 25.1 Å². The summed E-state index contributed by atoms with van der Waals surface area (Å²) < 4.78 is 5.41. The Labute approximate surface area is 182 Å². The minimum atomic E-state index is -0.123. The summed E-state index contributed by atoms with van der Waals surface area (Å²) in [6.07, 6.45) is 0.797. The molecule has 0 unspecified atom stereocenters. The maximum absolute atomic E-state index is 13.6. The average Bonchev–Trinajstić information content (AvgIpc) is 2.77. The molecule has 6 nitrogen and oxygen atoms in total. The number of rotatable bonds is 5. The molecule has 2 aromatic rings. The zero-order chi connectivity index (χ0) is 21.1. The lowest BCUT2D eigenvalue weighted by Gasteiger charge is -2.33. The summed E-state index contributed by atoms with van der Waals surface area (Å²) in [5, 5.41) is 0.504. The minimum absolute atomic E-state index is 0.109. The number of para-hydroxylation sites is 1. The van der Waals surface area contributed by atoms with Gasteiger partial charge in [-0.05, 0) is 43.7 Å². The van der Waals surface area contributed by atoms with Crippen molar-refractivity contribution in [3.63, 3.8) is 0 Å². The lowest BCUT2D eigenvalue weighted by Crippen LogP contribution is -2.42. The molecule has 1 fully saturated rings.